The first-order valence-corrected chi connectivity index (χ1v) is 6.44. The van der Waals surface area contributed by atoms with Crippen molar-refractivity contribution < 1.29 is 0 Å². The van der Waals surface area contributed by atoms with Crippen molar-refractivity contribution in [3.63, 3.8) is 0 Å². The SMILES string of the molecule is Cc1cc(Cn2cnc3c(cnn3C)c2=O)cs1. The summed E-state index contributed by atoms with van der Waals surface area (Å²) in [5.41, 5.74) is 1.71. The molecule has 0 aliphatic heterocycles. The Morgan fingerprint density at radius 3 is 3.00 bits per heavy atom. The zero-order valence-electron chi connectivity index (χ0n) is 10.1. The summed E-state index contributed by atoms with van der Waals surface area (Å²) in [6, 6.07) is 2.09. The van der Waals surface area contributed by atoms with Crippen LogP contribution in [0.2, 0.25) is 0 Å². The Kier molecular flexibility index (Phi) is 2.52. The van der Waals surface area contributed by atoms with Crippen molar-refractivity contribution >= 4 is 22.4 Å². The van der Waals surface area contributed by atoms with Gasteiger partial charge in [-0.05, 0) is 23.9 Å². The monoisotopic (exact) mass is 260 g/mol. The normalized spacial score (nSPS) is 11.2. The van der Waals surface area contributed by atoms with Gasteiger partial charge in [-0.1, -0.05) is 0 Å². The number of hydrogen-bond acceptors (Lipinski definition) is 4. The molecule has 0 saturated heterocycles. The van der Waals surface area contributed by atoms with Crippen molar-refractivity contribution in [1.82, 2.24) is 19.3 Å². The number of aryl methyl sites for hydroxylation is 2. The first kappa shape index (κ1) is 11.2. The molecule has 0 unspecified atom stereocenters. The number of hydrogen-bond donors (Lipinski definition) is 0. The van der Waals surface area contributed by atoms with Gasteiger partial charge in [-0.2, -0.15) is 5.10 Å². The summed E-state index contributed by atoms with van der Waals surface area (Å²) in [6.07, 6.45) is 3.15. The van der Waals surface area contributed by atoms with E-state index in [9.17, 15) is 4.79 Å². The number of nitrogens with zero attached hydrogens (tertiary/aromatic N) is 4. The Morgan fingerprint density at radius 2 is 2.28 bits per heavy atom. The highest BCUT2D eigenvalue weighted by atomic mass is 32.1. The Labute approximate surface area is 107 Å². The van der Waals surface area contributed by atoms with Crippen LogP contribution in [0, 0.1) is 6.92 Å². The quantitative estimate of drug-likeness (QED) is 0.702. The van der Waals surface area contributed by atoms with E-state index >= 15 is 0 Å². The summed E-state index contributed by atoms with van der Waals surface area (Å²) in [4.78, 5) is 17.7. The molecule has 0 bridgehead atoms. The van der Waals surface area contributed by atoms with Crippen LogP contribution in [0.4, 0.5) is 0 Å². The summed E-state index contributed by atoms with van der Waals surface area (Å²) in [5.74, 6) is 0. The van der Waals surface area contributed by atoms with Gasteiger partial charge in [0.05, 0.1) is 12.7 Å². The average molecular weight is 260 g/mol. The van der Waals surface area contributed by atoms with Crippen molar-refractivity contribution in [1.29, 1.82) is 0 Å². The van der Waals surface area contributed by atoms with E-state index in [-0.39, 0.29) is 5.56 Å². The molecule has 0 aromatic carbocycles. The summed E-state index contributed by atoms with van der Waals surface area (Å²) < 4.78 is 3.22. The lowest BCUT2D eigenvalue weighted by atomic mass is 10.3. The maximum absolute atomic E-state index is 12.2. The van der Waals surface area contributed by atoms with Gasteiger partial charge in [0.1, 0.15) is 11.7 Å². The molecule has 0 N–H and O–H groups in total. The lowest BCUT2D eigenvalue weighted by Gasteiger charge is -2.03. The molecule has 0 atom stereocenters. The van der Waals surface area contributed by atoms with Crippen LogP contribution in [0.1, 0.15) is 10.4 Å². The third-order valence-electron chi connectivity index (χ3n) is 2.86. The molecule has 3 heterocycles. The zero-order valence-corrected chi connectivity index (χ0v) is 10.9. The molecule has 0 radical (unpaired) electrons. The number of rotatable bonds is 2. The molecule has 0 aliphatic rings. The van der Waals surface area contributed by atoms with E-state index in [2.05, 4.69) is 28.5 Å². The fourth-order valence-corrected chi connectivity index (χ4v) is 2.66. The minimum absolute atomic E-state index is 0.0445. The molecule has 5 nitrogen and oxygen atoms in total. The topological polar surface area (TPSA) is 52.7 Å². The van der Waals surface area contributed by atoms with Crippen LogP contribution in [0.25, 0.3) is 11.0 Å². The smallest absolute Gasteiger partial charge is 0.264 e. The second-order valence-corrected chi connectivity index (χ2v) is 5.36. The van der Waals surface area contributed by atoms with Crippen LogP contribution in [0.5, 0.6) is 0 Å². The molecule has 3 aromatic rings. The van der Waals surface area contributed by atoms with E-state index < -0.39 is 0 Å². The van der Waals surface area contributed by atoms with Crippen LogP contribution in [-0.2, 0) is 13.6 Å². The third-order valence-corrected chi connectivity index (χ3v) is 3.77. The van der Waals surface area contributed by atoms with Crippen LogP contribution in [-0.4, -0.2) is 19.3 Å². The molecular weight excluding hydrogens is 248 g/mol. The Bertz CT molecular complexity index is 768. The van der Waals surface area contributed by atoms with Gasteiger partial charge < -0.3 is 0 Å². The first-order chi connectivity index (χ1) is 8.65. The number of thiophene rings is 1. The molecular formula is C12H12N4OS. The van der Waals surface area contributed by atoms with E-state index in [1.54, 1.807) is 40.2 Å². The van der Waals surface area contributed by atoms with Crippen LogP contribution in [0.3, 0.4) is 0 Å². The van der Waals surface area contributed by atoms with E-state index in [1.807, 2.05) is 0 Å². The second kappa shape index (κ2) is 4.06. The van der Waals surface area contributed by atoms with Gasteiger partial charge in [0.15, 0.2) is 5.65 Å². The molecule has 18 heavy (non-hydrogen) atoms. The molecule has 92 valence electrons. The predicted octanol–water partition coefficient (Wildman–Crippen LogP) is 1.55. The largest absolute Gasteiger partial charge is 0.294 e. The van der Waals surface area contributed by atoms with E-state index in [0.29, 0.717) is 17.6 Å². The molecule has 0 fully saturated rings. The molecule has 3 rings (SSSR count). The minimum atomic E-state index is -0.0445. The van der Waals surface area contributed by atoms with Gasteiger partial charge in [-0.25, -0.2) is 4.98 Å². The Morgan fingerprint density at radius 1 is 1.44 bits per heavy atom. The summed E-state index contributed by atoms with van der Waals surface area (Å²) in [7, 11) is 1.78. The lowest BCUT2D eigenvalue weighted by molar-refractivity contribution is 0.739. The van der Waals surface area contributed by atoms with Gasteiger partial charge in [-0.3, -0.25) is 14.0 Å². The Hall–Kier alpha value is -1.95. The highest BCUT2D eigenvalue weighted by Crippen LogP contribution is 2.14. The Balaban J connectivity index is 2.07. The molecule has 0 spiro atoms. The fraction of sp³-hybridized carbons (Fsp3) is 0.250. The van der Waals surface area contributed by atoms with Crippen molar-refractivity contribution in [3.8, 4) is 0 Å². The van der Waals surface area contributed by atoms with Gasteiger partial charge in [0.2, 0.25) is 0 Å². The second-order valence-electron chi connectivity index (χ2n) is 4.25. The maximum Gasteiger partial charge on any atom is 0.264 e. The van der Waals surface area contributed by atoms with Gasteiger partial charge in [0.25, 0.3) is 5.56 Å². The standard InChI is InChI=1S/C12H12N4OS/c1-8-3-9(6-18-8)5-16-7-13-11-10(12(16)17)4-14-15(11)2/h3-4,6-7H,5H2,1-2H3. The van der Waals surface area contributed by atoms with Crippen molar-refractivity contribution in [2.75, 3.05) is 0 Å². The van der Waals surface area contributed by atoms with Gasteiger partial charge >= 0.3 is 0 Å². The predicted molar refractivity (Wildman–Crippen MR) is 70.9 cm³/mol. The van der Waals surface area contributed by atoms with Crippen LogP contribution < -0.4 is 5.56 Å². The lowest BCUT2D eigenvalue weighted by Crippen LogP contribution is -2.20. The zero-order chi connectivity index (χ0) is 12.7. The van der Waals surface area contributed by atoms with Gasteiger partial charge in [-0.15, -0.1) is 11.3 Å². The first-order valence-electron chi connectivity index (χ1n) is 5.56. The highest BCUT2D eigenvalue weighted by molar-refractivity contribution is 7.10. The van der Waals surface area contributed by atoms with E-state index in [0.717, 1.165) is 5.56 Å². The summed E-state index contributed by atoms with van der Waals surface area (Å²) in [6.45, 7) is 2.61. The van der Waals surface area contributed by atoms with Gasteiger partial charge in [0, 0.05) is 11.9 Å². The number of aromatic nitrogens is 4. The molecule has 0 aliphatic carbocycles. The molecule has 6 heteroatoms. The van der Waals surface area contributed by atoms with E-state index in [4.69, 9.17) is 0 Å². The summed E-state index contributed by atoms with van der Waals surface area (Å²) >= 11 is 1.69. The van der Waals surface area contributed by atoms with Crippen LogP contribution in [0.15, 0.2) is 28.8 Å². The van der Waals surface area contributed by atoms with Crippen LogP contribution >= 0.6 is 11.3 Å². The van der Waals surface area contributed by atoms with Crippen molar-refractivity contribution in [2.24, 2.45) is 7.05 Å². The molecule has 0 amide bonds. The maximum atomic E-state index is 12.2. The number of fused-ring (bicyclic) bond motifs is 1. The molecule has 0 saturated carbocycles. The summed E-state index contributed by atoms with van der Waals surface area (Å²) in [5, 5.41) is 6.68. The van der Waals surface area contributed by atoms with Crippen molar-refractivity contribution in [3.05, 3.63) is 44.8 Å². The molecule has 3 aromatic heterocycles. The average Bonchev–Trinajstić information content (AvgIpc) is 2.91. The fourth-order valence-electron chi connectivity index (χ4n) is 1.96. The van der Waals surface area contributed by atoms with Crippen molar-refractivity contribution in [2.45, 2.75) is 13.5 Å². The minimum Gasteiger partial charge on any atom is -0.294 e. The third kappa shape index (κ3) is 1.74. The highest BCUT2D eigenvalue weighted by Gasteiger charge is 2.08. The van der Waals surface area contributed by atoms with E-state index in [1.165, 1.54) is 4.88 Å².